The first-order valence-electron chi connectivity index (χ1n) is 5.90. The third-order valence-electron chi connectivity index (χ3n) is 2.76. The summed E-state index contributed by atoms with van der Waals surface area (Å²) in [5.74, 6) is 0. The van der Waals surface area contributed by atoms with E-state index in [-0.39, 0.29) is 6.04 Å². The van der Waals surface area contributed by atoms with Crippen LogP contribution in [0, 0.1) is 0 Å². The molecule has 1 aliphatic heterocycles. The zero-order chi connectivity index (χ0) is 12.2. The van der Waals surface area contributed by atoms with Gasteiger partial charge < -0.3 is 4.74 Å². The first-order chi connectivity index (χ1) is 8.92. The number of rotatable bonds is 2. The predicted octanol–water partition coefficient (Wildman–Crippen LogP) is 3.91. The summed E-state index contributed by atoms with van der Waals surface area (Å²) in [7, 11) is 0. The van der Waals surface area contributed by atoms with E-state index in [0.717, 1.165) is 10.1 Å². The molecule has 2 aromatic rings. The summed E-state index contributed by atoms with van der Waals surface area (Å²) < 4.78 is 5.64. The van der Waals surface area contributed by atoms with Crippen molar-refractivity contribution in [2.45, 2.75) is 10.9 Å². The van der Waals surface area contributed by atoms with Gasteiger partial charge in [0.1, 0.15) is 12.6 Å². The minimum atomic E-state index is 0.136. The highest BCUT2D eigenvalue weighted by atomic mass is 32.2. The van der Waals surface area contributed by atoms with Crippen LogP contribution in [-0.2, 0) is 4.74 Å². The van der Waals surface area contributed by atoms with Crippen LogP contribution in [0.1, 0.15) is 11.6 Å². The van der Waals surface area contributed by atoms with Crippen LogP contribution in [0.3, 0.4) is 0 Å². The Morgan fingerprint density at radius 2 is 1.61 bits per heavy atom. The van der Waals surface area contributed by atoms with Crippen molar-refractivity contribution in [2.24, 2.45) is 4.99 Å². The minimum absolute atomic E-state index is 0.136. The maximum atomic E-state index is 5.64. The fourth-order valence-corrected chi connectivity index (χ4v) is 2.64. The molecular formula is C15H13NOS. The molecular weight excluding hydrogens is 242 g/mol. The van der Waals surface area contributed by atoms with E-state index in [2.05, 4.69) is 29.3 Å². The van der Waals surface area contributed by atoms with Crippen LogP contribution in [0.15, 0.2) is 70.6 Å². The molecule has 18 heavy (non-hydrogen) atoms. The lowest BCUT2D eigenvalue weighted by Gasteiger charge is -2.03. The van der Waals surface area contributed by atoms with Gasteiger partial charge in [-0.05, 0) is 29.5 Å². The Kier molecular flexibility index (Phi) is 3.33. The zero-order valence-corrected chi connectivity index (χ0v) is 10.6. The molecule has 0 aliphatic carbocycles. The summed E-state index contributed by atoms with van der Waals surface area (Å²) in [4.78, 5) is 5.77. The van der Waals surface area contributed by atoms with E-state index in [1.54, 1.807) is 11.8 Å². The lowest BCUT2D eigenvalue weighted by molar-refractivity contribution is 0.326. The Balaban J connectivity index is 1.73. The molecule has 0 bridgehead atoms. The van der Waals surface area contributed by atoms with Gasteiger partial charge in [0.25, 0.3) is 5.23 Å². The second-order valence-electron chi connectivity index (χ2n) is 4.05. The van der Waals surface area contributed by atoms with Crippen molar-refractivity contribution in [3.63, 3.8) is 0 Å². The molecule has 1 heterocycles. The monoisotopic (exact) mass is 255 g/mol. The molecule has 1 unspecified atom stereocenters. The van der Waals surface area contributed by atoms with Crippen molar-refractivity contribution in [1.29, 1.82) is 0 Å². The summed E-state index contributed by atoms with van der Waals surface area (Å²) in [6.45, 7) is 0.638. The standard InChI is InChI=1S/C15H13NOS/c1-3-7-12(8-4-1)14-11-17-15(16-14)18-13-9-5-2-6-10-13/h1-10,14H,11H2. The average Bonchev–Trinajstić information content (AvgIpc) is 2.89. The highest BCUT2D eigenvalue weighted by Gasteiger charge is 2.20. The lowest BCUT2D eigenvalue weighted by atomic mass is 10.1. The Hall–Kier alpha value is -1.74. The first kappa shape index (κ1) is 11.4. The van der Waals surface area contributed by atoms with E-state index in [1.807, 2.05) is 36.4 Å². The van der Waals surface area contributed by atoms with Gasteiger partial charge in [-0.1, -0.05) is 48.5 Å². The van der Waals surface area contributed by atoms with Crippen molar-refractivity contribution in [1.82, 2.24) is 0 Å². The topological polar surface area (TPSA) is 21.6 Å². The van der Waals surface area contributed by atoms with Gasteiger partial charge in [-0.3, -0.25) is 0 Å². The van der Waals surface area contributed by atoms with Crippen LogP contribution < -0.4 is 0 Å². The quantitative estimate of drug-likeness (QED) is 0.811. The first-order valence-corrected chi connectivity index (χ1v) is 6.72. The normalized spacial score (nSPS) is 18.2. The number of ether oxygens (including phenoxy) is 1. The Labute approximate surface area is 111 Å². The van der Waals surface area contributed by atoms with Crippen molar-refractivity contribution in [2.75, 3.05) is 6.61 Å². The maximum Gasteiger partial charge on any atom is 0.251 e. The Bertz CT molecular complexity index is 539. The van der Waals surface area contributed by atoms with E-state index in [0.29, 0.717) is 6.61 Å². The van der Waals surface area contributed by atoms with Crippen molar-refractivity contribution in [3.05, 3.63) is 66.2 Å². The van der Waals surface area contributed by atoms with Gasteiger partial charge in [0.05, 0.1) is 0 Å². The Morgan fingerprint density at radius 3 is 2.33 bits per heavy atom. The van der Waals surface area contributed by atoms with Gasteiger partial charge in [0, 0.05) is 4.90 Å². The molecule has 0 spiro atoms. The molecule has 2 aromatic carbocycles. The van der Waals surface area contributed by atoms with E-state index < -0.39 is 0 Å². The fourth-order valence-electron chi connectivity index (χ4n) is 1.84. The van der Waals surface area contributed by atoms with Gasteiger partial charge in [-0.2, -0.15) is 0 Å². The van der Waals surface area contributed by atoms with Crippen LogP contribution in [0.5, 0.6) is 0 Å². The molecule has 0 radical (unpaired) electrons. The summed E-state index contributed by atoms with van der Waals surface area (Å²) >= 11 is 1.58. The van der Waals surface area contributed by atoms with Gasteiger partial charge in [-0.15, -0.1) is 0 Å². The summed E-state index contributed by atoms with van der Waals surface area (Å²) in [6, 6.07) is 20.6. The van der Waals surface area contributed by atoms with Gasteiger partial charge in [0.2, 0.25) is 0 Å². The highest BCUT2D eigenvalue weighted by molar-refractivity contribution is 8.13. The third-order valence-corrected chi connectivity index (χ3v) is 3.66. The Morgan fingerprint density at radius 1 is 0.944 bits per heavy atom. The van der Waals surface area contributed by atoms with Crippen LogP contribution in [0.4, 0.5) is 0 Å². The van der Waals surface area contributed by atoms with Crippen LogP contribution in [0.2, 0.25) is 0 Å². The number of hydrogen-bond acceptors (Lipinski definition) is 3. The third kappa shape index (κ3) is 2.57. The molecule has 3 heteroatoms. The van der Waals surface area contributed by atoms with Gasteiger partial charge in [-0.25, -0.2) is 4.99 Å². The summed E-state index contributed by atoms with van der Waals surface area (Å²) in [5, 5.41) is 0.759. The van der Waals surface area contributed by atoms with Crippen LogP contribution in [0.25, 0.3) is 0 Å². The number of hydrogen-bond donors (Lipinski definition) is 0. The molecule has 0 saturated carbocycles. The molecule has 0 fully saturated rings. The molecule has 0 aromatic heterocycles. The summed E-state index contributed by atoms with van der Waals surface area (Å²) in [6.07, 6.45) is 0. The largest absolute Gasteiger partial charge is 0.470 e. The maximum absolute atomic E-state index is 5.64. The van der Waals surface area contributed by atoms with Crippen LogP contribution in [-0.4, -0.2) is 11.8 Å². The van der Waals surface area contributed by atoms with Crippen molar-refractivity contribution in [3.8, 4) is 0 Å². The van der Waals surface area contributed by atoms with Gasteiger partial charge >= 0.3 is 0 Å². The van der Waals surface area contributed by atoms with E-state index in [4.69, 9.17) is 4.74 Å². The number of nitrogens with zero attached hydrogens (tertiary/aromatic N) is 1. The number of aliphatic imine (C=N–C) groups is 1. The molecule has 0 saturated heterocycles. The van der Waals surface area contributed by atoms with E-state index >= 15 is 0 Å². The summed E-state index contributed by atoms with van der Waals surface area (Å²) in [5.41, 5.74) is 1.21. The van der Waals surface area contributed by atoms with E-state index in [9.17, 15) is 0 Å². The lowest BCUT2D eigenvalue weighted by Crippen LogP contribution is -1.97. The average molecular weight is 255 g/mol. The molecule has 0 N–H and O–H groups in total. The van der Waals surface area contributed by atoms with Crippen molar-refractivity contribution >= 4 is 17.0 Å². The van der Waals surface area contributed by atoms with Crippen molar-refractivity contribution < 1.29 is 4.74 Å². The number of thioether (sulfide) groups is 1. The second kappa shape index (κ2) is 5.27. The van der Waals surface area contributed by atoms with Gasteiger partial charge in [0.15, 0.2) is 0 Å². The molecule has 0 amide bonds. The zero-order valence-electron chi connectivity index (χ0n) is 9.82. The number of benzene rings is 2. The predicted molar refractivity (Wildman–Crippen MR) is 74.9 cm³/mol. The molecule has 3 rings (SSSR count). The van der Waals surface area contributed by atoms with Crippen LogP contribution >= 0.6 is 11.8 Å². The molecule has 90 valence electrons. The smallest absolute Gasteiger partial charge is 0.251 e. The SMILES string of the molecule is c1ccc(SC2=NC(c3ccccc3)CO2)cc1. The second-order valence-corrected chi connectivity index (χ2v) is 5.07. The molecule has 1 aliphatic rings. The fraction of sp³-hybridized carbons (Fsp3) is 0.133. The minimum Gasteiger partial charge on any atom is -0.470 e. The molecule has 1 atom stereocenters. The van der Waals surface area contributed by atoms with E-state index in [1.165, 1.54) is 5.56 Å². The highest BCUT2D eigenvalue weighted by Crippen LogP contribution is 2.29. The molecule has 2 nitrogen and oxygen atoms in total.